The van der Waals surface area contributed by atoms with E-state index in [1.165, 1.54) is 12.1 Å². The lowest BCUT2D eigenvalue weighted by atomic mass is 10.2. The van der Waals surface area contributed by atoms with Crippen LogP contribution in [0.3, 0.4) is 0 Å². The molecule has 0 bridgehead atoms. The van der Waals surface area contributed by atoms with E-state index >= 15 is 0 Å². The van der Waals surface area contributed by atoms with E-state index in [4.69, 9.17) is 0 Å². The number of imidazole rings is 1. The van der Waals surface area contributed by atoms with Gasteiger partial charge in [-0.2, -0.15) is 0 Å². The third kappa shape index (κ3) is 1.59. The van der Waals surface area contributed by atoms with Crippen LogP contribution in [0.5, 0.6) is 0 Å². The van der Waals surface area contributed by atoms with Crippen LogP contribution in [-0.4, -0.2) is 17.0 Å². The summed E-state index contributed by atoms with van der Waals surface area (Å²) in [6.07, 6.45) is 1.67. The molecule has 2 aromatic rings. The van der Waals surface area contributed by atoms with E-state index < -0.39 is 0 Å². The standard InChI is InChI=1S/C10H10FN3/c1-12-10-13-6-9(14-10)7-3-2-4-8(11)5-7/h2-6H,1H3,(H2,12,13,14). The van der Waals surface area contributed by atoms with Gasteiger partial charge in [0, 0.05) is 12.6 Å². The van der Waals surface area contributed by atoms with Crippen molar-refractivity contribution < 1.29 is 4.39 Å². The van der Waals surface area contributed by atoms with E-state index in [0.29, 0.717) is 5.95 Å². The van der Waals surface area contributed by atoms with Crippen molar-refractivity contribution >= 4 is 5.95 Å². The zero-order valence-corrected chi connectivity index (χ0v) is 7.71. The van der Waals surface area contributed by atoms with Crippen molar-refractivity contribution in [3.05, 3.63) is 36.3 Å². The third-order valence-corrected chi connectivity index (χ3v) is 1.95. The summed E-state index contributed by atoms with van der Waals surface area (Å²) >= 11 is 0. The minimum atomic E-state index is -0.247. The fraction of sp³-hybridized carbons (Fsp3) is 0.100. The van der Waals surface area contributed by atoms with Gasteiger partial charge in [-0.25, -0.2) is 9.37 Å². The zero-order valence-electron chi connectivity index (χ0n) is 7.71. The number of hydrogen-bond acceptors (Lipinski definition) is 2. The van der Waals surface area contributed by atoms with E-state index in [2.05, 4.69) is 15.3 Å². The fourth-order valence-corrected chi connectivity index (χ4v) is 1.25. The lowest BCUT2D eigenvalue weighted by Crippen LogP contribution is -1.89. The summed E-state index contributed by atoms with van der Waals surface area (Å²) in [6, 6.07) is 6.38. The van der Waals surface area contributed by atoms with Crippen molar-refractivity contribution in [3.8, 4) is 11.3 Å². The Balaban J connectivity index is 2.39. The van der Waals surface area contributed by atoms with Crippen LogP contribution >= 0.6 is 0 Å². The predicted molar refractivity (Wildman–Crippen MR) is 53.5 cm³/mol. The number of benzene rings is 1. The normalized spacial score (nSPS) is 10.1. The van der Waals surface area contributed by atoms with Crippen LogP contribution in [0.15, 0.2) is 30.5 Å². The molecule has 14 heavy (non-hydrogen) atoms. The first kappa shape index (κ1) is 8.74. The summed E-state index contributed by atoms with van der Waals surface area (Å²) in [6.45, 7) is 0. The summed E-state index contributed by atoms with van der Waals surface area (Å²) in [4.78, 5) is 7.07. The van der Waals surface area contributed by atoms with Crippen LogP contribution in [-0.2, 0) is 0 Å². The second-order valence-corrected chi connectivity index (χ2v) is 2.91. The van der Waals surface area contributed by atoms with Gasteiger partial charge in [-0.3, -0.25) is 0 Å². The van der Waals surface area contributed by atoms with Gasteiger partial charge in [-0.1, -0.05) is 12.1 Å². The van der Waals surface area contributed by atoms with E-state index in [0.717, 1.165) is 11.3 Å². The average molecular weight is 191 g/mol. The molecule has 1 aromatic carbocycles. The number of H-pyrrole nitrogens is 1. The highest BCUT2D eigenvalue weighted by Crippen LogP contribution is 2.18. The van der Waals surface area contributed by atoms with Gasteiger partial charge in [-0.05, 0) is 12.1 Å². The Labute approximate surface area is 81.0 Å². The summed E-state index contributed by atoms with van der Waals surface area (Å²) in [7, 11) is 1.77. The molecule has 1 heterocycles. The maximum absolute atomic E-state index is 12.9. The van der Waals surface area contributed by atoms with Crippen molar-refractivity contribution in [3.63, 3.8) is 0 Å². The highest BCUT2D eigenvalue weighted by molar-refractivity contribution is 5.60. The molecule has 2 rings (SSSR count). The predicted octanol–water partition coefficient (Wildman–Crippen LogP) is 2.26. The Bertz CT molecular complexity index is 436. The SMILES string of the molecule is CNc1ncc(-c2cccc(F)c2)[nH]1. The number of nitrogens with one attached hydrogen (secondary N) is 2. The quantitative estimate of drug-likeness (QED) is 0.764. The molecule has 0 unspecified atom stereocenters. The van der Waals surface area contributed by atoms with Gasteiger partial charge in [0.1, 0.15) is 5.82 Å². The maximum atomic E-state index is 12.9. The van der Waals surface area contributed by atoms with Gasteiger partial charge in [0.15, 0.2) is 5.95 Å². The van der Waals surface area contributed by atoms with Crippen molar-refractivity contribution in [1.82, 2.24) is 9.97 Å². The number of anilines is 1. The molecule has 1 aromatic heterocycles. The van der Waals surface area contributed by atoms with Gasteiger partial charge in [0.25, 0.3) is 0 Å². The van der Waals surface area contributed by atoms with Gasteiger partial charge in [-0.15, -0.1) is 0 Å². The molecule has 0 saturated carbocycles. The van der Waals surface area contributed by atoms with Crippen LogP contribution in [0, 0.1) is 5.82 Å². The highest BCUT2D eigenvalue weighted by Gasteiger charge is 2.02. The van der Waals surface area contributed by atoms with E-state index in [1.54, 1.807) is 19.3 Å². The van der Waals surface area contributed by atoms with E-state index in [1.807, 2.05) is 6.07 Å². The van der Waals surface area contributed by atoms with E-state index in [-0.39, 0.29) is 5.82 Å². The summed E-state index contributed by atoms with van der Waals surface area (Å²) in [5, 5.41) is 2.87. The molecule has 0 radical (unpaired) electrons. The number of halogens is 1. The molecule has 4 heteroatoms. The average Bonchev–Trinajstić information content (AvgIpc) is 2.66. The number of hydrogen-bond donors (Lipinski definition) is 2. The summed E-state index contributed by atoms with van der Waals surface area (Å²) in [5.41, 5.74) is 1.59. The number of aromatic amines is 1. The Morgan fingerprint density at radius 3 is 2.93 bits per heavy atom. The number of nitrogens with zero attached hydrogens (tertiary/aromatic N) is 1. The molecule has 0 spiro atoms. The lowest BCUT2D eigenvalue weighted by molar-refractivity contribution is 0.628. The van der Waals surface area contributed by atoms with E-state index in [9.17, 15) is 4.39 Å². The fourth-order valence-electron chi connectivity index (χ4n) is 1.25. The van der Waals surface area contributed by atoms with Crippen LogP contribution in [0.4, 0.5) is 10.3 Å². The van der Waals surface area contributed by atoms with Crippen LogP contribution < -0.4 is 5.32 Å². The second-order valence-electron chi connectivity index (χ2n) is 2.91. The molecular weight excluding hydrogens is 181 g/mol. The molecule has 0 saturated heterocycles. The van der Waals surface area contributed by atoms with Gasteiger partial charge in [0.2, 0.25) is 0 Å². The first-order chi connectivity index (χ1) is 6.79. The Morgan fingerprint density at radius 2 is 2.29 bits per heavy atom. The number of rotatable bonds is 2. The molecule has 0 aliphatic heterocycles. The van der Waals surface area contributed by atoms with Crippen LogP contribution in [0.2, 0.25) is 0 Å². The molecule has 0 aliphatic carbocycles. The Hall–Kier alpha value is -1.84. The summed E-state index contributed by atoms with van der Waals surface area (Å²) in [5.74, 6) is 0.423. The van der Waals surface area contributed by atoms with Crippen molar-refractivity contribution in [2.75, 3.05) is 12.4 Å². The monoisotopic (exact) mass is 191 g/mol. The molecule has 2 N–H and O–H groups in total. The lowest BCUT2D eigenvalue weighted by Gasteiger charge is -1.96. The molecule has 72 valence electrons. The minimum Gasteiger partial charge on any atom is -0.359 e. The second kappa shape index (κ2) is 3.49. The Morgan fingerprint density at radius 1 is 1.43 bits per heavy atom. The van der Waals surface area contributed by atoms with Crippen molar-refractivity contribution in [1.29, 1.82) is 0 Å². The molecule has 0 amide bonds. The van der Waals surface area contributed by atoms with Crippen molar-refractivity contribution in [2.45, 2.75) is 0 Å². The van der Waals surface area contributed by atoms with Gasteiger partial charge >= 0.3 is 0 Å². The molecule has 0 aliphatic rings. The zero-order chi connectivity index (χ0) is 9.97. The van der Waals surface area contributed by atoms with Gasteiger partial charge in [0.05, 0.1) is 11.9 Å². The van der Waals surface area contributed by atoms with Crippen LogP contribution in [0.25, 0.3) is 11.3 Å². The smallest absolute Gasteiger partial charge is 0.200 e. The third-order valence-electron chi connectivity index (χ3n) is 1.95. The Kier molecular flexibility index (Phi) is 2.18. The topological polar surface area (TPSA) is 40.7 Å². The number of aromatic nitrogens is 2. The molecule has 0 fully saturated rings. The van der Waals surface area contributed by atoms with Crippen LogP contribution in [0.1, 0.15) is 0 Å². The minimum absolute atomic E-state index is 0.247. The first-order valence-electron chi connectivity index (χ1n) is 4.28. The first-order valence-corrected chi connectivity index (χ1v) is 4.28. The van der Waals surface area contributed by atoms with Gasteiger partial charge < -0.3 is 10.3 Å². The highest BCUT2D eigenvalue weighted by atomic mass is 19.1. The van der Waals surface area contributed by atoms with Crippen molar-refractivity contribution in [2.24, 2.45) is 0 Å². The molecular formula is C10H10FN3. The largest absolute Gasteiger partial charge is 0.359 e. The summed E-state index contributed by atoms with van der Waals surface area (Å²) < 4.78 is 12.9. The maximum Gasteiger partial charge on any atom is 0.200 e. The molecule has 0 atom stereocenters. The molecule has 3 nitrogen and oxygen atoms in total.